The maximum Gasteiger partial charge on any atom is 0.243 e. The number of nitrogens with one attached hydrogen (secondary N) is 1. The number of morpholine rings is 1. The number of rotatable bonds is 9. The van der Waals surface area contributed by atoms with Gasteiger partial charge in [0.2, 0.25) is 15.9 Å². The van der Waals surface area contributed by atoms with Crippen LogP contribution in [0.3, 0.4) is 0 Å². The number of likely N-dealkylation sites (tertiary alicyclic amines) is 1. The van der Waals surface area contributed by atoms with Gasteiger partial charge in [-0.25, -0.2) is 8.42 Å². The fraction of sp³-hybridized carbons (Fsp3) is 0.682. The van der Waals surface area contributed by atoms with Crippen LogP contribution in [0.1, 0.15) is 38.2 Å². The quantitative estimate of drug-likeness (QED) is 0.597. The fourth-order valence-corrected chi connectivity index (χ4v) is 5.54. The second-order valence-electron chi connectivity index (χ2n) is 8.41. The van der Waals surface area contributed by atoms with Crippen molar-refractivity contribution in [1.82, 2.24) is 14.5 Å². The third kappa shape index (κ3) is 6.77. The SMILES string of the molecule is CC1CCCN(CCCNC(=O)CCc2ccc(S(=O)(=O)N3CCOCC3)cc2)C1. The maximum absolute atomic E-state index is 12.6. The Hall–Kier alpha value is -1.48. The van der Waals surface area contributed by atoms with Crippen LogP contribution in [0.5, 0.6) is 0 Å². The summed E-state index contributed by atoms with van der Waals surface area (Å²) in [6, 6.07) is 6.88. The van der Waals surface area contributed by atoms with Crippen LogP contribution in [0.4, 0.5) is 0 Å². The van der Waals surface area contributed by atoms with Gasteiger partial charge in [0.1, 0.15) is 0 Å². The molecular weight excluding hydrogens is 402 g/mol. The standard InChI is InChI=1S/C22H35N3O4S/c1-19-4-2-12-24(18-19)13-3-11-23-22(26)10-7-20-5-8-21(9-6-20)30(27,28)25-14-16-29-17-15-25/h5-6,8-9,19H,2-4,7,10-18H2,1H3,(H,23,26). The van der Waals surface area contributed by atoms with E-state index in [1.807, 2.05) is 0 Å². The normalized spacial score (nSPS) is 21.4. The lowest BCUT2D eigenvalue weighted by molar-refractivity contribution is -0.121. The van der Waals surface area contributed by atoms with Gasteiger partial charge >= 0.3 is 0 Å². The molecule has 168 valence electrons. The van der Waals surface area contributed by atoms with Crippen molar-refractivity contribution < 1.29 is 17.9 Å². The summed E-state index contributed by atoms with van der Waals surface area (Å²) >= 11 is 0. The minimum absolute atomic E-state index is 0.0482. The molecule has 0 saturated carbocycles. The summed E-state index contributed by atoms with van der Waals surface area (Å²) in [5.74, 6) is 0.829. The average Bonchev–Trinajstić information content (AvgIpc) is 2.76. The van der Waals surface area contributed by atoms with Gasteiger partial charge in [-0.2, -0.15) is 4.31 Å². The summed E-state index contributed by atoms with van der Waals surface area (Å²) in [6.07, 6.45) is 4.60. The molecule has 2 aliphatic rings. The monoisotopic (exact) mass is 437 g/mol. The summed E-state index contributed by atoms with van der Waals surface area (Å²) in [4.78, 5) is 14.9. The largest absolute Gasteiger partial charge is 0.379 e. The van der Waals surface area contributed by atoms with Crippen molar-refractivity contribution in [2.75, 3.05) is 52.5 Å². The smallest absolute Gasteiger partial charge is 0.243 e. The Kier molecular flexibility index (Phi) is 8.68. The van der Waals surface area contributed by atoms with Crippen molar-refractivity contribution >= 4 is 15.9 Å². The molecule has 0 radical (unpaired) electrons. The molecular formula is C22H35N3O4S. The van der Waals surface area contributed by atoms with Crippen LogP contribution >= 0.6 is 0 Å². The van der Waals surface area contributed by atoms with E-state index in [1.54, 1.807) is 24.3 Å². The van der Waals surface area contributed by atoms with Crippen LogP contribution in [-0.2, 0) is 26.0 Å². The van der Waals surface area contributed by atoms with E-state index in [-0.39, 0.29) is 5.91 Å². The van der Waals surface area contributed by atoms with Crippen molar-refractivity contribution in [1.29, 1.82) is 0 Å². The third-order valence-electron chi connectivity index (χ3n) is 5.89. The van der Waals surface area contributed by atoms with E-state index in [0.717, 1.165) is 24.4 Å². The number of carbonyl (C=O) groups is 1. The molecule has 1 aromatic rings. The Balaban J connectivity index is 1.36. The number of piperidine rings is 1. The molecule has 1 amide bonds. The Morgan fingerprint density at radius 1 is 1.17 bits per heavy atom. The average molecular weight is 438 g/mol. The first-order chi connectivity index (χ1) is 14.4. The van der Waals surface area contributed by atoms with Gasteiger partial charge in [-0.05, 0) is 62.4 Å². The lowest BCUT2D eigenvalue weighted by Gasteiger charge is -2.30. The number of carbonyl (C=O) groups excluding carboxylic acids is 1. The van der Waals surface area contributed by atoms with Gasteiger partial charge in [0.05, 0.1) is 18.1 Å². The van der Waals surface area contributed by atoms with E-state index in [0.29, 0.717) is 50.6 Å². The summed E-state index contributed by atoms with van der Waals surface area (Å²) in [5.41, 5.74) is 0.966. The van der Waals surface area contributed by atoms with Crippen molar-refractivity contribution in [2.24, 2.45) is 5.92 Å². The van der Waals surface area contributed by atoms with E-state index in [2.05, 4.69) is 17.1 Å². The zero-order chi connectivity index (χ0) is 21.4. The maximum atomic E-state index is 12.6. The molecule has 8 heteroatoms. The number of sulfonamides is 1. The first kappa shape index (κ1) is 23.2. The van der Waals surface area contributed by atoms with Crippen LogP contribution in [0.2, 0.25) is 0 Å². The number of amides is 1. The molecule has 1 atom stereocenters. The molecule has 2 saturated heterocycles. The molecule has 7 nitrogen and oxygen atoms in total. The zero-order valence-electron chi connectivity index (χ0n) is 18.0. The van der Waals surface area contributed by atoms with Gasteiger partial charge in [0.15, 0.2) is 0 Å². The van der Waals surface area contributed by atoms with Crippen molar-refractivity contribution in [3.8, 4) is 0 Å². The second kappa shape index (κ2) is 11.2. The highest BCUT2D eigenvalue weighted by Crippen LogP contribution is 2.18. The molecule has 3 rings (SSSR count). The van der Waals surface area contributed by atoms with Crippen molar-refractivity contribution in [2.45, 2.75) is 43.9 Å². The minimum atomic E-state index is -3.47. The van der Waals surface area contributed by atoms with Gasteiger partial charge < -0.3 is 15.0 Å². The Morgan fingerprint density at radius 2 is 1.90 bits per heavy atom. The molecule has 0 aliphatic carbocycles. The number of hydrogen-bond donors (Lipinski definition) is 1. The molecule has 30 heavy (non-hydrogen) atoms. The molecule has 2 aliphatic heterocycles. The molecule has 0 bridgehead atoms. The van der Waals surface area contributed by atoms with Crippen LogP contribution in [0, 0.1) is 5.92 Å². The van der Waals surface area contributed by atoms with Crippen molar-refractivity contribution in [3.05, 3.63) is 29.8 Å². The van der Waals surface area contributed by atoms with Crippen LogP contribution < -0.4 is 5.32 Å². The van der Waals surface area contributed by atoms with Crippen LogP contribution in [0.15, 0.2) is 29.2 Å². The predicted molar refractivity (Wildman–Crippen MR) is 117 cm³/mol. The molecule has 0 aromatic heterocycles. The lowest BCUT2D eigenvalue weighted by Crippen LogP contribution is -2.40. The number of benzene rings is 1. The summed E-state index contributed by atoms with van der Waals surface area (Å²) in [6.45, 7) is 8.05. The predicted octanol–water partition coefficient (Wildman–Crippen LogP) is 1.88. The first-order valence-electron chi connectivity index (χ1n) is 11.1. The van der Waals surface area contributed by atoms with Gasteiger partial charge in [0, 0.05) is 32.6 Å². The van der Waals surface area contributed by atoms with E-state index >= 15 is 0 Å². The van der Waals surface area contributed by atoms with Crippen LogP contribution in [0.25, 0.3) is 0 Å². The molecule has 1 N–H and O–H groups in total. The van der Waals surface area contributed by atoms with Gasteiger partial charge in [-0.1, -0.05) is 19.1 Å². The highest BCUT2D eigenvalue weighted by Gasteiger charge is 2.26. The number of nitrogens with zero attached hydrogens (tertiary/aromatic N) is 2. The molecule has 2 heterocycles. The molecule has 1 unspecified atom stereocenters. The third-order valence-corrected chi connectivity index (χ3v) is 7.80. The first-order valence-corrected chi connectivity index (χ1v) is 12.5. The van der Waals surface area contributed by atoms with Gasteiger partial charge in [-0.3, -0.25) is 4.79 Å². The lowest BCUT2D eigenvalue weighted by atomic mass is 10.0. The number of ether oxygens (including phenoxy) is 1. The Bertz CT molecular complexity index is 776. The molecule has 1 aromatic carbocycles. The summed E-state index contributed by atoms with van der Waals surface area (Å²) in [5, 5.41) is 3.00. The summed E-state index contributed by atoms with van der Waals surface area (Å²) in [7, 11) is -3.47. The number of hydrogen-bond acceptors (Lipinski definition) is 5. The van der Waals surface area contributed by atoms with Gasteiger partial charge in [-0.15, -0.1) is 0 Å². The summed E-state index contributed by atoms with van der Waals surface area (Å²) < 4.78 is 32.0. The molecule has 2 fully saturated rings. The van der Waals surface area contributed by atoms with E-state index in [1.165, 1.54) is 30.2 Å². The minimum Gasteiger partial charge on any atom is -0.379 e. The zero-order valence-corrected chi connectivity index (χ0v) is 18.8. The topological polar surface area (TPSA) is 79.0 Å². The van der Waals surface area contributed by atoms with E-state index in [9.17, 15) is 13.2 Å². The van der Waals surface area contributed by atoms with Crippen molar-refractivity contribution in [3.63, 3.8) is 0 Å². The number of aryl methyl sites for hydroxylation is 1. The Morgan fingerprint density at radius 3 is 2.60 bits per heavy atom. The Labute approximate surface area is 180 Å². The second-order valence-corrected chi connectivity index (χ2v) is 10.3. The fourth-order valence-electron chi connectivity index (χ4n) is 4.13. The highest BCUT2D eigenvalue weighted by molar-refractivity contribution is 7.89. The van der Waals surface area contributed by atoms with Crippen LogP contribution in [-0.4, -0.2) is 76.0 Å². The van der Waals surface area contributed by atoms with E-state index < -0.39 is 10.0 Å². The van der Waals surface area contributed by atoms with Gasteiger partial charge in [0.25, 0.3) is 0 Å². The highest BCUT2D eigenvalue weighted by atomic mass is 32.2. The van der Waals surface area contributed by atoms with E-state index in [4.69, 9.17) is 4.74 Å². The molecule has 0 spiro atoms.